The van der Waals surface area contributed by atoms with E-state index in [4.69, 9.17) is 4.65 Å². The summed E-state index contributed by atoms with van der Waals surface area (Å²) in [5.74, 6) is 1.57. The second-order valence-electron chi connectivity index (χ2n) is 5.85. The van der Waals surface area contributed by atoms with Crippen molar-refractivity contribution in [3.8, 4) is 0 Å². The van der Waals surface area contributed by atoms with E-state index in [2.05, 4.69) is 0 Å². The molecule has 0 atom stereocenters. The van der Waals surface area contributed by atoms with Crippen LogP contribution in [0, 0.1) is 6.92 Å². The van der Waals surface area contributed by atoms with Crippen molar-refractivity contribution in [1.82, 2.24) is 0 Å². The quantitative estimate of drug-likeness (QED) is 0.802. The van der Waals surface area contributed by atoms with E-state index < -0.39 is 18.3 Å². The van der Waals surface area contributed by atoms with Crippen LogP contribution in [-0.4, -0.2) is 28.5 Å². The van der Waals surface area contributed by atoms with Crippen LogP contribution in [0.1, 0.15) is 38.8 Å². The summed E-state index contributed by atoms with van der Waals surface area (Å²) in [7, 11) is -1.05. The number of rotatable bonds is 5. The summed E-state index contributed by atoms with van der Waals surface area (Å²) >= 11 is 0. The van der Waals surface area contributed by atoms with Gasteiger partial charge in [-0.2, -0.15) is 0 Å². The van der Waals surface area contributed by atoms with E-state index in [1.807, 2.05) is 31.2 Å². The van der Waals surface area contributed by atoms with Gasteiger partial charge in [0, 0.05) is 0 Å². The van der Waals surface area contributed by atoms with Gasteiger partial charge in [-0.05, 0) is 40.2 Å². The zero-order chi connectivity index (χ0) is 14.7. The molecule has 2 N–H and O–H groups in total. The molecule has 1 aromatic carbocycles. The number of aliphatic hydroxyl groups is 1. The predicted octanol–water partition coefficient (Wildman–Crippen LogP) is 2.59. The minimum absolute atomic E-state index is 0.844. The van der Waals surface area contributed by atoms with Crippen molar-refractivity contribution in [2.45, 2.75) is 45.8 Å². The molecular formula is C15H23BO3. The van der Waals surface area contributed by atoms with Crippen LogP contribution in [0.4, 0.5) is 0 Å². The molecule has 0 radical (unpaired) electrons. The van der Waals surface area contributed by atoms with Crippen LogP contribution in [-0.2, 0) is 4.65 Å². The van der Waals surface area contributed by atoms with Crippen molar-refractivity contribution >= 4 is 13.2 Å². The molecule has 4 heteroatoms. The van der Waals surface area contributed by atoms with Gasteiger partial charge in [0.1, 0.15) is 0 Å². The lowest BCUT2D eigenvalue weighted by Crippen LogP contribution is -2.50. The second kappa shape index (κ2) is 5.91. The highest BCUT2D eigenvalue weighted by Crippen LogP contribution is 2.25. The molecule has 1 rings (SSSR count). The molecular weight excluding hydrogens is 239 g/mol. The fourth-order valence-corrected chi connectivity index (χ4v) is 1.45. The van der Waals surface area contributed by atoms with E-state index in [9.17, 15) is 10.1 Å². The number of aryl methyl sites for hydroxylation is 1. The molecule has 0 aliphatic carbocycles. The Morgan fingerprint density at radius 1 is 1.21 bits per heavy atom. The Morgan fingerprint density at radius 3 is 2.37 bits per heavy atom. The molecule has 3 nitrogen and oxygen atoms in total. The van der Waals surface area contributed by atoms with E-state index in [-0.39, 0.29) is 0 Å². The van der Waals surface area contributed by atoms with Crippen LogP contribution in [0.5, 0.6) is 0 Å². The SMILES string of the molecule is Cc1cccc(C=CB(O)OC(C)(C)C(C)(C)O)c1. The highest BCUT2D eigenvalue weighted by atomic mass is 16.5. The number of hydrogen-bond acceptors (Lipinski definition) is 3. The molecule has 1 aromatic rings. The highest BCUT2D eigenvalue weighted by Gasteiger charge is 2.38. The zero-order valence-corrected chi connectivity index (χ0v) is 12.3. The summed E-state index contributed by atoms with van der Waals surface area (Å²) in [6, 6.07) is 7.95. The third-order valence-corrected chi connectivity index (χ3v) is 3.38. The maximum Gasteiger partial charge on any atom is 0.483 e. The van der Waals surface area contributed by atoms with Gasteiger partial charge in [-0.15, -0.1) is 0 Å². The summed E-state index contributed by atoms with van der Waals surface area (Å²) in [6.45, 7) is 8.82. The van der Waals surface area contributed by atoms with Gasteiger partial charge < -0.3 is 14.8 Å². The van der Waals surface area contributed by atoms with Crippen molar-refractivity contribution in [2.75, 3.05) is 0 Å². The monoisotopic (exact) mass is 262 g/mol. The lowest BCUT2D eigenvalue weighted by Gasteiger charge is -2.38. The summed E-state index contributed by atoms with van der Waals surface area (Å²) in [4.78, 5) is 0. The first kappa shape index (κ1) is 16.0. The molecule has 0 aliphatic heterocycles. The largest absolute Gasteiger partial charge is 0.483 e. The van der Waals surface area contributed by atoms with Crippen molar-refractivity contribution in [2.24, 2.45) is 0 Å². The summed E-state index contributed by atoms with van der Waals surface area (Å²) in [6.07, 6.45) is 1.80. The van der Waals surface area contributed by atoms with Crippen molar-refractivity contribution in [3.63, 3.8) is 0 Å². The van der Waals surface area contributed by atoms with Crippen LogP contribution in [0.3, 0.4) is 0 Å². The Kier molecular flexibility index (Phi) is 4.96. The molecule has 0 unspecified atom stereocenters. The molecule has 19 heavy (non-hydrogen) atoms. The van der Waals surface area contributed by atoms with Gasteiger partial charge >= 0.3 is 7.12 Å². The second-order valence-corrected chi connectivity index (χ2v) is 5.85. The van der Waals surface area contributed by atoms with E-state index >= 15 is 0 Å². The number of hydrogen-bond donors (Lipinski definition) is 2. The lowest BCUT2D eigenvalue weighted by molar-refractivity contribution is -0.0984. The van der Waals surface area contributed by atoms with E-state index in [0.29, 0.717) is 0 Å². The van der Waals surface area contributed by atoms with Gasteiger partial charge in [-0.1, -0.05) is 41.9 Å². The lowest BCUT2D eigenvalue weighted by atomic mass is 9.82. The Hall–Kier alpha value is -1.10. The Balaban J connectivity index is 2.68. The van der Waals surface area contributed by atoms with Crippen LogP contribution < -0.4 is 0 Å². The first-order valence-corrected chi connectivity index (χ1v) is 6.45. The maximum absolute atomic E-state index is 9.96. The minimum Gasteiger partial charge on any atom is -0.423 e. The van der Waals surface area contributed by atoms with E-state index in [0.717, 1.165) is 11.1 Å². The predicted molar refractivity (Wildman–Crippen MR) is 79.6 cm³/mol. The molecule has 0 aliphatic rings. The van der Waals surface area contributed by atoms with Crippen LogP contribution in [0.2, 0.25) is 0 Å². The fourth-order valence-electron chi connectivity index (χ4n) is 1.45. The van der Waals surface area contributed by atoms with Gasteiger partial charge in [0.2, 0.25) is 0 Å². The highest BCUT2D eigenvalue weighted by molar-refractivity contribution is 6.50. The third-order valence-electron chi connectivity index (χ3n) is 3.38. The standard InChI is InChI=1S/C15H23BO3/c1-12-7-6-8-13(11-12)9-10-16(18)19-15(4,5)14(2,3)17/h6-11,17-18H,1-5H3. The molecule has 0 spiro atoms. The van der Waals surface area contributed by atoms with E-state index in [1.54, 1.807) is 39.7 Å². The summed E-state index contributed by atoms with van der Waals surface area (Å²) in [5, 5.41) is 19.8. The van der Waals surface area contributed by atoms with Gasteiger partial charge in [0.15, 0.2) is 0 Å². The zero-order valence-electron chi connectivity index (χ0n) is 12.3. The molecule has 0 fully saturated rings. The topological polar surface area (TPSA) is 49.7 Å². The normalized spacial score (nSPS) is 13.0. The van der Waals surface area contributed by atoms with Crippen molar-refractivity contribution in [1.29, 1.82) is 0 Å². The Bertz CT molecular complexity index is 447. The molecule has 0 amide bonds. The van der Waals surface area contributed by atoms with Crippen molar-refractivity contribution in [3.05, 3.63) is 41.4 Å². The Labute approximate surface area is 116 Å². The first-order chi connectivity index (χ1) is 8.62. The van der Waals surface area contributed by atoms with Crippen LogP contribution >= 0.6 is 0 Å². The first-order valence-electron chi connectivity index (χ1n) is 6.45. The number of benzene rings is 1. The van der Waals surface area contributed by atoms with E-state index in [1.165, 1.54) is 0 Å². The summed E-state index contributed by atoms with van der Waals surface area (Å²) < 4.78 is 5.47. The van der Waals surface area contributed by atoms with Gasteiger partial charge in [0.25, 0.3) is 0 Å². The van der Waals surface area contributed by atoms with Crippen LogP contribution in [0.25, 0.3) is 6.08 Å². The average molecular weight is 262 g/mol. The minimum atomic E-state index is -1.05. The smallest absolute Gasteiger partial charge is 0.423 e. The van der Waals surface area contributed by atoms with Gasteiger partial charge in [0.05, 0.1) is 11.2 Å². The molecule has 0 bridgehead atoms. The Morgan fingerprint density at radius 2 is 1.84 bits per heavy atom. The molecule has 0 heterocycles. The fraction of sp³-hybridized carbons (Fsp3) is 0.467. The van der Waals surface area contributed by atoms with Crippen molar-refractivity contribution < 1.29 is 14.8 Å². The van der Waals surface area contributed by atoms with Crippen LogP contribution in [0.15, 0.2) is 30.2 Å². The average Bonchev–Trinajstić information content (AvgIpc) is 2.24. The molecule has 0 saturated carbocycles. The van der Waals surface area contributed by atoms with Gasteiger partial charge in [-0.25, -0.2) is 0 Å². The molecule has 0 saturated heterocycles. The van der Waals surface area contributed by atoms with Gasteiger partial charge in [-0.3, -0.25) is 0 Å². The maximum atomic E-state index is 9.96. The molecule has 0 aromatic heterocycles. The molecule has 104 valence electrons. The third kappa shape index (κ3) is 4.82. The summed E-state index contributed by atoms with van der Waals surface area (Å²) in [5.41, 5.74) is 0.284.